The van der Waals surface area contributed by atoms with Crippen molar-refractivity contribution in [3.8, 4) is 0 Å². The Bertz CT molecular complexity index is 717. The van der Waals surface area contributed by atoms with Crippen molar-refractivity contribution in [1.82, 2.24) is 15.3 Å². The predicted molar refractivity (Wildman–Crippen MR) is 81.3 cm³/mol. The predicted octanol–water partition coefficient (Wildman–Crippen LogP) is 3.23. The van der Waals surface area contributed by atoms with Gasteiger partial charge in [0.05, 0.1) is 0 Å². The lowest BCUT2D eigenvalue weighted by Crippen LogP contribution is -2.14. The standard InChI is InChI=1S/C17H17N3/c1-13-8-18-7-6-14(13)9-19-11-16-12-20-10-15-4-2-3-5-17(15)16/h2-8,10,12,19H,9,11H2,1H3. The van der Waals surface area contributed by atoms with E-state index in [-0.39, 0.29) is 0 Å². The number of aromatic nitrogens is 2. The van der Waals surface area contributed by atoms with Crippen LogP contribution in [0.3, 0.4) is 0 Å². The van der Waals surface area contributed by atoms with E-state index < -0.39 is 0 Å². The second kappa shape index (κ2) is 5.80. The van der Waals surface area contributed by atoms with E-state index in [9.17, 15) is 0 Å². The van der Waals surface area contributed by atoms with Gasteiger partial charge in [-0.25, -0.2) is 0 Å². The van der Waals surface area contributed by atoms with Gasteiger partial charge in [-0.2, -0.15) is 0 Å². The molecule has 3 aromatic rings. The van der Waals surface area contributed by atoms with Gasteiger partial charge in [-0.1, -0.05) is 24.3 Å². The lowest BCUT2D eigenvalue weighted by Gasteiger charge is -2.09. The number of hydrogen-bond donors (Lipinski definition) is 1. The molecule has 100 valence electrons. The Hall–Kier alpha value is -2.26. The van der Waals surface area contributed by atoms with Crippen LogP contribution in [0.25, 0.3) is 10.8 Å². The van der Waals surface area contributed by atoms with Gasteiger partial charge >= 0.3 is 0 Å². The second-order valence-corrected chi connectivity index (χ2v) is 4.93. The number of nitrogens with zero attached hydrogens (tertiary/aromatic N) is 2. The zero-order valence-corrected chi connectivity index (χ0v) is 11.5. The molecule has 20 heavy (non-hydrogen) atoms. The Morgan fingerprint density at radius 3 is 2.65 bits per heavy atom. The van der Waals surface area contributed by atoms with Crippen molar-refractivity contribution in [3.05, 3.63) is 71.8 Å². The first kappa shape index (κ1) is 12.8. The third kappa shape index (κ3) is 2.68. The fraction of sp³-hybridized carbons (Fsp3) is 0.176. The molecule has 0 bridgehead atoms. The molecule has 0 spiro atoms. The Morgan fingerprint density at radius 1 is 0.900 bits per heavy atom. The lowest BCUT2D eigenvalue weighted by atomic mass is 10.1. The van der Waals surface area contributed by atoms with Gasteiger partial charge in [-0.05, 0) is 35.1 Å². The van der Waals surface area contributed by atoms with Crippen LogP contribution in [0, 0.1) is 6.92 Å². The van der Waals surface area contributed by atoms with E-state index in [1.54, 1.807) is 0 Å². The highest BCUT2D eigenvalue weighted by Gasteiger charge is 2.02. The smallest absolute Gasteiger partial charge is 0.0346 e. The van der Waals surface area contributed by atoms with Crippen LogP contribution >= 0.6 is 0 Å². The van der Waals surface area contributed by atoms with E-state index >= 15 is 0 Å². The van der Waals surface area contributed by atoms with Gasteiger partial charge in [-0.3, -0.25) is 9.97 Å². The summed E-state index contributed by atoms with van der Waals surface area (Å²) in [5.41, 5.74) is 3.74. The zero-order chi connectivity index (χ0) is 13.8. The van der Waals surface area contributed by atoms with Crippen LogP contribution < -0.4 is 5.32 Å². The maximum Gasteiger partial charge on any atom is 0.0346 e. The Morgan fingerprint density at radius 2 is 1.75 bits per heavy atom. The molecular formula is C17H17N3. The van der Waals surface area contributed by atoms with Crippen molar-refractivity contribution < 1.29 is 0 Å². The van der Waals surface area contributed by atoms with Gasteiger partial charge in [-0.15, -0.1) is 0 Å². The maximum atomic E-state index is 4.31. The first-order valence-corrected chi connectivity index (χ1v) is 6.76. The molecule has 3 rings (SSSR count). The summed E-state index contributed by atoms with van der Waals surface area (Å²) in [4.78, 5) is 8.42. The largest absolute Gasteiger partial charge is 0.309 e. The number of fused-ring (bicyclic) bond motifs is 1. The molecule has 1 N–H and O–H groups in total. The van der Waals surface area contributed by atoms with Crippen molar-refractivity contribution in [3.63, 3.8) is 0 Å². The number of pyridine rings is 2. The Balaban J connectivity index is 1.73. The minimum atomic E-state index is 0.816. The monoisotopic (exact) mass is 263 g/mol. The second-order valence-electron chi connectivity index (χ2n) is 4.93. The number of nitrogens with one attached hydrogen (secondary N) is 1. The first-order valence-electron chi connectivity index (χ1n) is 6.76. The molecule has 0 aliphatic rings. The summed E-state index contributed by atoms with van der Waals surface area (Å²) in [6.45, 7) is 3.75. The molecule has 0 saturated heterocycles. The summed E-state index contributed by atoms with van der Waals surface area (Å²) in [7, 11) is 0. The van der Waals surface area contributed by atoms with E-state index in [0.717, 1.165) is 13.1 Å². The molecule has 0 aliphatic heterocycles. The molecule has 1 aromatic carbocycles. The molecule has 0 radical (unpaired) electrons. The number of aryl methyl sites for hydroxylation is 1. The van der Waals surface area contributed by atoms with Crippen LogP contribution in [0.15, 0.2) is 55.1 Å². The minimum absolute atomic E-state index is 0.816. The van der Waals surface area contributed by atoms with Gasteiger partial charge in [0.15, 0.2) is 0 Å². The molecule has 3 heteroatoms. The maximum absolute atomic E-state index is 4.31. The normalized spacial score (nSPS) is 10.8. The SMILES string of the molecule is Cc1cnccc1CNCc1cncc2ccccc12. The highest BCUT2D eigenvalue weighted by molar-refractivity contribution is 5.84. The van der Waals surface area contributed by atoms with E-state index in [1.807, 2.05) is 30.9 Å². The molecule has 0 saturated carbocycles. The van der Waals surface area contributed by atoms with Crippen molar-refractivity contribution in [2.45, 2.75) is 20.0 Å². The molecule has 2 aromatic heterocycles. The number of hydrogen-bond acceptors (Lipinski definition) is 3. The van der Waals surface area contributed by atoms with Crippen molar-refractivity contribution in [2.24, 2.45) is 0 Å². The summed E-state index contributed by atoms with van der Waals surface area (Å²) >= 11 is 0. The average molecular weight is 263 g/mol. The van der Waals surface area contributed by atoms with Gasteiger partial charge < -0.3 is 5.32 Å². The van der Waals surface area contributed by atoms with Crippen LogP contribution in [0.4, 0.5) is 0 Å². The van der Waals surface area contributed by atoms with Crippen molar-refractivity contribution in [1.29, 1.82) is 0 Å². The van der Waals surface area contributed by atoms with Gasteiger partial charge in [0.25, 0.3) is 0 Å². The summed E-state index contributed by atoms with van der Waals surface area (Å²) < 4.78 is 0. The fourth-order valence-electron chi connectivity index (χ4n) is 2.35. The van der Waals surface area contributed by atoms with Gasteiger partial charge in [0, 0.05) is 43.3 Å². The number of rotatable bonds is 4. The molecular weight excluding hydrogens is 246 g/mol. The van der Waals surface area contributed by atoms with Crippen molar-refractivity contribution >= 4 is 10.8 Å². The molecule has 3 nitrogen and oxygen atoms in total. The van der Waals surface area contributed by atoms with Crippen LogP contribution in [-0.4, -0.2) is 9.97 Å². The number of benzene rings is 1. The Kier molecular flexibility index (Phi) is 3.70. The topological polar surface area (TPSA) is 37.8 Å². The first-order chi connectivity index (χ1) is 9.84. The van der Waals surface area contributed by atoms with E-state index in [0.29, 0.717) is 0 Å². The molecule has 2 heterocycles. The molecule has 0 atom stereocenters. The van der Waals surface area contributed by atoms with E-state index in [4.69, 9.17) is 0 Å². The zero-order valence-electron chi connectivity index (χ0n) is 11.5. The van der Waals surface area contributed by atoms with E-state index in [1.165, 1.54) is 27.5 Å². The third-order valence-corrected chi connectivity index (χ3v) is 3.52. The van der Waals surface area contributed by atoms with Gasteiger partial charge in [0.2, 0.25) is 0 Å². The summed E-state index contributed by atoms with van der Waals surface area (Å²) in [6.07, 6.45) is 7.58. The highest BCUT2D eigenvalue weighted by atomic mass is 14.9. The fourth-order valence-corrected chi connectivity index (χ4v) is 2.35. The van der Waals surface area contributed by atoms with Crippen LogP contribution in [0.2, 0.25) is 0 Å². The molecule has 0 fully saturated rings. The molecule has 0 amide bonds. The van der Waals surface area contributed by atoms with Crippen LogP contribution in [-0.2, 0) is 13.1 Å². The van der Waals surface area contributed by atoms with Crippen LogP contribution in [0.5, 0.6) is 0 Å². The average Bonchev–Trinajstić information content (AvgIpc) is 2.49. The summed E-state index contributed by atoms with van der Waals surface area (Å²) in [5, 5.41) is 5.94. The minimum Gasteiger partial charge on any atom is -0.309 e. The quantitative estimate of drug-likeness (QED) is 0.785. The lowest BCUT2D eigenvalue weighted by molar-refractivity contribution is 0.691. The van der Waals surface area contributed by atoms with Gasteiger partial charge in [0.1, 0.15) is 0 Å². The molecule has 0 aliphatic carbocycles. The molecule has 0 unspecified atom stereocenters. The van der Waals surface area contributed by atoms with Crippen LogP contribution in [0.1, 0.15) is 16.7 Å². The Labute approximate surface area is 118 Å². The summed E-state index contributed by atoms with van der Waals surface area (Å²) in [5.74, 6) is 0. The van der Waals surface area contributed by atoms with Crippen molar-refractivity contribution in [2.75, 3.05) is 0 Å². The summed E-state index contributed by atoms with van der Waals surface area (Å²) in [6, 6.07) is 10.4. The third-order valence-electron chi connectivity index (χ3n) is 3.52. The highest BCUT2D eigenvalue weighted by Crippen LogP contribution is 2.16. The van der Waals surface area contributed by atoms with E-state index in [2.05, 4.69) is 46.5 Å².